The minimum atomic E-state index is -0.248. The van der Waals surface area contributed by atoms with Crippen LogP contribution in [0.25, 0.3) is 0 Å². The molecule has 0 spiro atoms. The van der Waals surface area contributed by atoms with Crippen molar-refractivity contribution < 1.29 is 4.79 Å². The van der Waals surface area contributed by atoms with Crippen molar-refractivity contribution in [2.24, 2.45) is 7.05 Å². The molecule has 5 nitrogen and oxygen atoms in total. The molecule has 0 saturated heterocycles. The van der Waals surface area contributed by atoms with Gasteiger partial charge in [0.2, 0.25) is 0 Å². The quantitative estimate of drug-likeness (QED) is 0.878. The fourth-order valence-electron chi connectivity index (χ4n) is 2.76. The number of anilines is 2. The number of benzene rings is 1. The van der Waals surface area contributed by atoms with Crippen LogP contribution in [0, 0.1) is 0 Å². The molecule has 0 saturated carbocycles. The van der Waals surface area contributed by atoms with Crippen molar-refractivity contribution in [1.82, 2.24) is 9.78 Å². The van der Waals surface area contributed by atoms with Gasteiger partial charge in [-0.05, 0) is 42.9 Å². The summed E-state index contributed by atoms with van der Waals surface area (Å²) in [5, 5.41) is 7.04. The van der Waals surface area contributed by atoms with Gasteiger partial charge in [-0.3, -0.25) is 9.48 Å². The van der Waals surface area contributed by atoms with E-state index in [2.05, 4.69) is 16.5 Å². The van der Waals surface area contributed by atoms with E-state index in [1.807, 2.05) is 12.1 Å². The minimum absolute atomic E-state index is 0.248. The highest BCUT2D eigenvalue weighted by Gasteiger charge is 2.18. The zero-order valence-electron chi connectivity index (χ0n) is 11.5. The number of nitrogens with zero attached hydrogens (tertiary/aromatic N) is 2. The molecule has 1 aromatic heterocycles. The molecule has 104 valence electrons. The number of nitrogen functional groups attached to an aromatic ring is 1. The number of nitrogens with two attached hydrogens (primary N) is 1. The summed E-state index contributed by atoms with van der Waals surface area (Å²) < 4.78 is 1.55. The second kappa shape index (κ2) is 5.00. The summed E-state index contributed by atoms with van der Waals surface area (Å²) in [6, 6.07) is 6.07. The highest BCUT2D eigenvalue weighted by Crippen LogP contribution is 2.28. The summed E-state index contributed by atoms with van der Waals surface area (Å²) in [4.78, 5) is 12.3. The van der Waals surface area contributed by atoms with Gasteiger partial charge in [0.05, 0.1) is 5.69 Å². The topological polar surface area (TPSA) is 72.9 Å². The number of hydrogen-bond donors (Lipinski definition) is 2. The Hall–Kier alpha value is -2.30. The van der Waals surface area contributed by atoms with E-state index in [1.54, 1.807) is 17.9 Å². The summed E-state index contributed by atoms with van der Waals surface area (Å²) in [5.74, 6) is -0.248. The standard InChI is InChI=1S/C15H18N4O/c1-19-9-12(16)14(18-19)15(20)17-13-8-4-6-10-5-2-3-7-11(10)13/h4,6,8-9H,2-3,5,7,16H2,1H3,(H,17,20). The first kappa shape index (κ1) is 12.7. The monoisotopic (exact) mass is 270 g/mol. The Morgan fingerprint density at radius 1 is 1.35 bits per heavy atom. The Kier molecular flexibility index (Phi) is 3.18. The van der Waals surface area contributed by atoms with Gasteiger partial charge < -0.3 is 11.1 Å². The van der Waals surface area contributed by atoms with Crippen molar-refractivity contribution in [3.63, 3.8) is 0 Å². The molecule has 3 N–H and O–H groups in total. The van der Waals surface area contributed by atoms with Crippen molar-refractivity contribution in [2.75, 3.05) is 11.1 Å². The maximum absolute atomic E-state index is 12.3. The van der Waals surface area contributed by atoms with Gasteiger partial charge in [-0.1, -0.05) is 12.1 Å². The molecule has 2 aromatic rings. The molecule has 0 bridgehead atoms. The van der Waals surface area contributed by atoms with E-state index in [0.29, 0.717) is 5.69 Å². The number of nitrogens with one attached hydrogen (secondary N) is 1. The van der Waals surface area contributed by atoms with Gasteiger partial charge in [-0.2, -0.15) is 5.10 Å². The van der Waals surface area contributed by atoms with Crippen molar-refractivity contribution >= 4 is 17.3 Å². The number of amides is 1. The summed E-state index contributed by atoms with van der Waals surface area (Å²) in [6.45, 7) is 0. The average Bonchev–Trinajstić information content (AvgIpc) is 2.78. The molecule has 1 aliphatic rings. The lowest BCUT2D eigenvalue weighted by Crippen LogP contribution is -2.17. The molecule has 1 aromatic carbocycles. The zero-order valence-corrected chi connectivity index (χ0v) is 11.5. The summed E-state index contributed by atoms with van der Waals surface area (Å²) in [7, 11) is 1.75. The maximum atomic E-state index is 12.3. The van der Waals surface area contributed by atoms with Crippen LogP contribution >= 0.6 is 0 Å². The van der Waals surface area contributed by atoms with Crippen molar-refractivity contribution in [3.8, 4) is 0 Å². The molecule has 0 fully saturated rings. The van der Waals surface area contributed by atoms with E-state index in [4.69, 9.17) is 5.73 Å². The third-order valence-electron chi connectivity index (χ3n) is 3.72. The van der Waals surface area contributed by atoms with Crippen LogP contribution in [0.5, 0.6) is 0 Å². The molecule has 0 unspecified atom stereocenters. The number of rotatable bonds is 2. The van der Waals surface area contributed by atoms with Gasteiger partial charge in [0.15, 0.2) is 5.69 Å². The lowest BCUT2D eigenvalue weighted by atomic mass is 9.90. The molecule has 20 heavy (non-hydrogen) atoms. The molecule has 0 radical (unpaired) electrons. The number of aromatic nitrogens is 2. The van der Waals surface area contributed by atoms with E-state index in [-0.39, 0.29) is 11.6 Å². The number of carbonyl (C=O) groups is 1. The summed E-state index contributed by atoms with van der Waals surface area (Å²) in [6.07, 6.45) is 6.13. The Labute approximate surface area is 117 Å². The molecule has 0 aliphatic heterocycles. The van der Waals surface area contributed by atoms with Gasteiger partial charge in [0.25, 0.3) is 5.91 Å². The third-order valence-corrected chi connectivity index (χ3v) is 3.72. The number of carbonyl (C=O) groups excluding carboxylic acids is 1. The smallest absolute Gasteiger partial charge is 0.278 e. The number of hydrogen-bond acceptors (Lipinski definition) is 3. The summed E-state index contributed by atoms with van der Waals surface area (Å²) in [5.41, 5.74) is 9.94. The second-order valence-corrected chi connectivity index (χ2v) is 5.21. The molecule has 1 aliphatic carbocycles. The SMILES string of the molecule is Cn1cc(N)c(C(=O)Nc2cccc3c2CCCC3)n1. The number of fused-ring (bicyclic) bond motifs is 1. The van der Waals surface area contributed by atoms with Gasteiger partial charge in [-0.25, -0.2) is 0 Å². The van der Waals surface area contributed by atoms with E-state index < -0.39 is 0 Å². The Morgan fingerprint density at radius 2 is 2.15 bits per heavy atom. The van der Waals surface area contributed by atoms with Gasteiger partial charge in [0.1, 0.15) is 0 Å². The average molecular weight is 270 g/mol. The van der Waals surface area contributed by atoms with Crippen molar-refractivity contribution in [2.45, 2.75) is 25.7 Å². The molecule has 1 amide bonds. The second-order valence-electron chi connectivity index (χ2n) is 5.21. The van der Waals surface area contributed by atoms with E-state index in [9.17, 15) is 4.79 Å². The maximum Gasteiger partial charge on any atom is 0.278 e. The van der Waals surface area contributed by atoms with Crippen molar-refractivity contribution in [1.29, 1.82) is 0 Å². The van der Waals surface area contributed by atoms with Crippen LogP contribution in [-0.2, 0) is 19.9 Å². The van der Waals surface area contributed by atoms with Gasteiger partial charge in [-0.15, -0.1) is 0 Å². The van der Waals surface area contributed by atoms with Crippen LogP contribution in [0.2, 0.25) is 0 Å². The lowest BCUT2D eigenvalue weighted by Gasteiger charge is -2.19. The summed E-state index contributed by atoms with van der Waals surface area (Å²) >= 11 is 0. The predicted octanol–water partition coefficient (Wildman–Crippen LogP) is 2.13. The van der Waals surface area contributed by atoms with Gasteiger partial charge in [0, 0.05) is 18.9 Å². The zero-order chi connectivity index (χ0) is 14.1. The molecule has 5 heteroatoms. The Bertz CT molecular complexity index is 660. The van der Waals surface area contributed by atoms with Crippen LogP contribution in [0.3, 0.4) is 0 Å². The van der Waals surface area contributed by atoms with Crippen LogP contribution in [0.15, 0.2) is 24.4 Å². The highest BCUT2D eigenvalue weighted by atomic mass is 16.2. The highest BCUT2D eigenvalue weighted by molar-refractivity contribution is 6.06. The first-order chi connectivity index (χ1) is 9.65. The first-order valence-corrected chi connectivity index (χ1v) is 6.86. The molecule has 3 rings (SSSR count). The van der Waals surface area contributed by atoms with Gasteiger partial charge >= 0.3 is 0 Å². The first-order valence-electron chi connectivity index (χ1n) is 6.86. The van der Waals surface area contributed by atoms with Crippen LogP contribution in [-0.4, -0.2) is 15.7 Å². The van der Waals surface area contributed by atoms with Crippen molar-refractivity contribution in [3.05, 3.63) is 41.2 Å². The molecular formula is C15H18N4O. The van der Waals surface area contributed by atoms with E-state index in [0.717, 1.165) is 18.5 Å². The van der Waals surface area contributed by atoms with E-state index >= 15 is 0 Å². The molecular weight excluding hydrogens is 252 g/mol. The minimum Gasteiger partial charge on any atom is -0.396 e. The molecule has 0 atom stereocenters. The normalized spacial score (nSPS) is 13.8. The Balaban J connectivity index is 1.88. The largest absolute Gasteiger partial charge is 0.396 e. The number of aryl methyl sites for hydroxylation is 2. The van der Waals surface area contributed by atoms with Crippen LogP contribution < -0.4 is 11.1 Å². The van der Waals surface area contributed by atoms with Crippen LogP contribution in [0.4, 0.5) is 11.4 Å². The fourth-order valence-corrected chi connectivity index (χ4v) is 2.76. The third kappa shape index (κ3) is 2.27. The fraction of sp³-hybridized carbons (Fsp3) is 0.333. The van der Waals surface area contributed by atoms with E-state index in [1.165, 1.54) is 24.0 Å². The van der Waals surface area contributed by atoms with Crippen LogP contribution in [0.1, 0.15) is 34.5 Å². The predicted molar refractivity (Wildman–Crippen MR) is 78.7 cm³/mol. The lowest BCUT2D eigenvalue weighted by molar-refractivity contribution is 0.102. The molecule has 1 heterocycles. The Morgan fingerprint density at radius 3 is 2.90 bits per heavy atom.